The van der Waals surface area contributed by atoms with Gasteiger partial charge in [0.1, 0.15) is 22.8 Å². The van der Waals surface area contributed by atoms with Gasteiger partial charge in [-0.1, -0.05) is 32.4 Å². The van der Waals surface area contributed by atoms with E-state index in [4.69, 9.17) is 11.6 Å². The number of halogens is 1. The molecule has 1 amide bonds. The number of carbonyl (C=O) groups is 1. The van der Waals surface area contributed by atoms with Crippen molar-refractivity contribution in [3.8, 4) is 0 Å². The van der Waals surface area contributed by atoms with Crippen molar-refractivity contribution in [2.75, 3.05) is 11.9 Å². The summed E-state index contributed by atoms with van der Waals surface area (Å²) in [5.74, 6) is 1.66. The highest BCUT2D eigenvalue weighted by atomic mass is 35.5. The molecule has 0 spiro atoms. The maximum absolute atomic E-state index is 12.0. The Morgan fingerprint density at radius 2 is 1.95 bits per heavy atom. The molecule has 1 heterocycles. The van der Waals surface area contributed by atoms with Gasteiger partial charge in [0, 0.05) is 18.5 Å². The van der Waals surface area contributed by atoms with Crippen LogP contribution >= 0.6 is 11.6 Å². The summed E-state index contributed by atoms with van der Waals surface area (Å²) in [6.07, 6.45) is 0.697. The Morgan fingerprint density at radius 3 is 2.50 bits per heavy atom. The van der Waals surface area contributed by atoms with Gasteiger partial charge in [-0.3, -0.25) is 4.79 Å². The molecule has 0 aromatic carbocycles. The van der Waals surface area contributed by atoms with Gasteiger partial charge in [-0.2, -0.15) is 0 Å². The van der Waals surface area contributed by atoms with Crippen LogP contribution in [-0.4, -0.2) is 28.5 Å². The molecule has 0 fully saturated rings. The van der Waals surface area contributed by atoms with Crippen molar-refractivity contribution in [2.45, 2.75) is 47.1 Å². The molecule has 112 valence electrons. The predicted molar refractivity (Wildman–Crippen MR) is 82.1 cm³/mol. The number of nitrogens with zero attached hydrogens (tertiary/aromatic N) is 2. The van der Waals surface area contributed by atoms with E-state index in [0.717, 1.165) is 5.56 Å². The standard InChI is InChI=1S/C14H23ClN4O/c1-6-11-18-12(15)9(4)13(19-11)17-10(5)14(20)16-7-8(2)3/h8,10H,6-7H2,1-5H3,(H,16,20)(H,17,18,19). The van der Waals surface area contributed by atoms with E-state index < -0.39 is 0 Å². The van der Waals surface area contributed by atoms with Gasteiger partial charge in [0.05, 0.1) is 0 Å². The third-order valence-electron chi connectivity index (χ3n) is 2.88. The van der Waals surface area contributed by atoms with Gasteiger partial charge in [-0.15, -0.1) is 0 Å². The number of nitrogens with one attached hydrogen (secondary N) is 2. The van der Waals surface area contributed by atoms with Crippen molar-refractivity contribution >= 4 is 23.3 Å². The van der Waals surface area contributed by atoms with E-state index in [0.29, 0.717) is 35.7 Å². The first kappa shape index (κ1) is 16.7. The molecule has 0 saturated carbocycles. The molecule has 2 N–H and O–H groups in total. The van der Waals surface area contributed by atoms with E-state index in [2.05, 4.69) is 34.4 Å². The number of amides is 1. The number of carbonyl (C=O) groups excluding carboxylic acids is 1. The highest BCUT2D eigenvalue weighted by molar-refractivity contribution is 6.30. The van der Waals surface area contributed by atoms with Crippen LogP contribution in [0.25, 0.3) is 0 Å². The Labute approximate surface area is 125 Å². The summed E-state index contributed by atoms with van der Waals surface area (Å²) >= 11 is 6.07. The molecule has 1 unspecified atom stereocenters. The average molecular weight is 299 g/mol. The normalized spacial score (nSPS) is 12.3. The molecule has 1 aromatic rings. The first-order valence-corrected chi connectivity index (χ1v) is 7.30. The SMILES string of the molecule is CCc1nc(Cl)c(C)c(NC(C)C(=O)NCC(C)C)n1. The Morgan fingerprint density at radius 1 is 1.30 bits per heavy atom. The van der Waals surface area contributed by atoms with E-state index in [1.807, 2.05) is 13.8 Å². The molecule has 0 aliphatic carbocycles. The Bertz CT molecular complexity index is 476. The number of rotatable bonds is 6. The summed E-state index contributed by atoms with van der Waals surface area (Å²) in [6, 6.07) is -0.372. The van der Waals surface area contributed by atoms with Crippen LogP contribution in [0, 0.1) is 12.8 Å². The van der Waals surface area contributed by atoms with Crippen LogP contribution in [0.1, 0.15) is 39.1 Å². The van der Waals surface area contributed by atoms with E-state index in [9.17, 15) is 4.79 Å². The fourth-order valence-corrected chi connectivity index (χ4v) is 1.75. The Kier molecular flexibility index (Phi) is 6.20. The third-order valence-corrected chi connectivity index (χ3v) is 3.25. The summed E-state index contributed by atoms with van der Waals surface area (Å²) in [6.45, 7) is 10.4. The molecule has 0 saturated heterocycles. The van der Waals surface area contributed by atoms with Crippen molar-refractivity contribution in [2.24, 2.45) is 5.92 Å². The van der Waals surface area contributed by atoms with Crippen LogP contribution in [0.4, 0.5) is 5.82 Å². The molecule has 1 atom stereocenters. The fraction of sp³-hybridized carbons (Fsp3) is 0.643. The number of hydrogen-bond donors (Lipinski definition) is 2. The first-order chi connectivity index (χ1) is 9.35. The lowest BCUT2D eigenvalue weighted by atomic mass is 10.2. The van der Waals surface area contributed by atoms with Gasteiger partial charge in [0.2, 0.25) is 5.91 Å². The van der Waals surface area contributed by atoms with Gasteiger partial charge >= 0.3 is 0 Å². The second kappa shape index (κ2) is 7.43. The highest BCUT2D eigenvalue weighted by Crippen LogP contribution is 2.20. The quantitative estimate of drug-likeness (QED) is 0.792. The van der Waals surface area contributed by atoms with E-state index in [1.165, 1.54) is 0 Å². The van der Waals surface area contributed by atoms with Gasteiger partial charge in [0.15, 0.2) is 0 Å². The molecule has 0 bridgehead atoms. The minimum atomic E-state index is -0.372. The van der Waals surface area contributed by atoms with Gasteiger partial charge in [0.25, 0.3) is 0 Å². The zero-order chi connectivity index (χ0) is 15.3. The zero-order valence-electron chi connectivity index (χ0n) is 12.7. The monoisotopic (exact) mass is 298 g/mol. The van der Waals surface area contributed by atoms with Crippen LogP contribution in [0.2, 0.25) is 5.15 Å². The lowest BCUT2D eigenvalue weighted by Gasteiger charge is -2.17. The van der Waals surface area contributed by atoms with Crippen molar-refractivity contribution < 1.29 is 4.79 Å². The zero-order valence-corrected chi connectivity index (χ0v) is 13.5. The molecule has 20 heavy (non-hydrogen) atoms. The Hall–Kier alpha value is -1.36. The number of hydrogen-bond acceptors (Lipinski definition) is 4. The minimum Gasteiger partial charge on any atom is -0.358 e. The Balaban J connectivity index is 2.77. The molecule has 6 heteroatoms. The molecule has 0 radical (unpaired) electrons. The first-order valence-electron chi connectivity index (χ1n) is 6.92. The molecular formula is C14H23ClN4O. The maximum atomic E-state index is 12.0. The number of aryl methyl sites for hydroxylation is 1. The van der Waals surface area contributed by atoms with Crippen molar-refractivity contribution in [1.82, 2.24) is 15.3 Å². The summed E-state index contributed by atoms with van der Waals surface area (Å²) in [5, 5.41) is 6.41. The predicted octanol–water partition coefficient (Wildman–Crippen LogP) is 2.57. The molecular weight excluding hydrogens is 276 g/mol. The molecule has 5 nitrogen and oxygen atoms in total. The maximum Gasteiger partial charge on any atom is 0.242 e. The minimum absolute atomic E-state index is 0.0501. The summed E-state index contributed by atoms with van der Waals surface area (Å²) < 4.78 is 0. The molecule has 0 aliphatic rings. The molecule has 1 rings (SSSR count). The van der Waals surface area contributed by atoms with Crippen molar-refractivity contribution in [3.63, 3.8) is 0 Å². The van der Waals surface area contributed by atoms with Gasteiger partial charge in [-0.05, 0) is 19.8 Å². The smallest absolute Gasteiger partial charge is 0.242 e. The number of anilines is 1. The third kappa shape index (κ3) is 4.63. The lowest BCUT2D eigenvalue weighted by molar-refractivity contribution is -0.121. The van der Waals surface area contributed by atoms with Crippen molar-refractivity contribution in [3.05, 3.63) is 16.5 Å². The van der Waals surface area contributed by atoms with Crippen LogP contribution in [0.3, 0.4) is 0 Å². The van der Waals surface area contributed by atoms with E-state index >= 15 is 0 Å². The lowest BCUT2D eigenvalue weighted by Crippen LogP contribution is -2.39. The van der Waals surface area contributed by atoms with E-state index in [1.54, 1.807) is 6.92 Å². The fourth-order valence-electron chi connectivity index (χ4n) is 1.56. The van der Waals surface area contributed by atoms with Crippen LogP contribution in [0.5, 0.6) is 0 Å². The second-order valence-corrected chi connectivity index (χ2v) is 5.62. The summed E-state index contributed by atoms with van der Waals surface area (Å²) in [4.78, 5) is 20.5. The highest BCUT2D eigenvalue weighted by Gasteiger charge is 2.16. The molecule has 1 aromatic heterocycles. The average Bonchev–Trinajstić information content (AvgIpc) is 2.40. The van der Waals surface area contributed by atoms with Crippen molar-refractivity contribution in [1.29, 1.82) is 0 Å². The van der Waals surface area contributed by atoms with Crippen LogP contribution in [0.15, 0.2) is 0 Å². The van der Waals surface area contributed by atoms with Gasteiger partial charge < -0.3 is 10.6 Å². The number of aromatic nitrogens is 2. The second-order valence-electron chi connectivity index (χ2n) is 5.26. The molecule has 0 aliphatic heterocycles. The van der Waals surface area contributed by atoms with Crippen LogP contribution in [-0.2, 0) is 11.2 Å². The largest absolute Gasteiger partial charge is 0.358 e. The topological polar surface area (TPSA) is 66.9 Å². The summed E-state index contributed by atoms with van der Waals surface area (Å²) in [5.41, 5.74) is 0.757. The van der Waals surface area contributed by atoms with Crippen LogP contribution < -0.4 is 10.6 Å². The van der Waals surface area contributed by atoms with Gasteiger partial charge in [-0.25, -0.2) is 9.97 Å². The summed E-state index contributed by atoms with van der Waals surface area (Å²) in [7, 11) is 0. The van der Waals surface area contributed by atoms with E-state index in [-0.39, 0.29) is 11.9 Å².